The van der Waals surface area contributed by atoms with E-state index in [1.807, 2.05) is 20.9 Å². The molecule has 0 aliphatic carbocycles. The van der Waals surface area contributed by atoms with Crippen LogP contribution in [-0.2, 0) is 20.1 Å². The summed E-state index contributed by atoms with van der Waals surface area (Å²) in [6.07, 6.45) is -3.31. The van der Waals surface area contributed by atoms with Crippen LogP contribution in [0.5, 0.6) is 0 Å². The molecule has 0 saturated heterocycles. The van der Waals surface area contributed by atoms with E-state index in [0.29, 0.717) is 11.1 Å². The smallest absolute Gasteiger partial charge is 0.376 e. The second kappa shape index (κ2) is 5.86. The first-order chi connectivity index (χ1) is 10.2. The highest BCUT2D eigenvalue weighted by atomic mass is 19.4. The van der Waals surface area contributed by atoms with Gasteiger partial charge in [0.15, 0.2) is 0 Å². The van der Waals surface area contributed by atoms with Crippen LogP contribution >= 0.6 is 0 Å². The predicted octanol–water partition coefficient (Wildman–Crippen LogP) is 2.37. The van der Waals surface area contributed by atoms with Crippen molar-refractivity contribution in [1.82, 2.24) is 14.3 Å². The highest BCUT2D eigenvalue weighted by molar-refractivity contribution is 5.42. The van der Waals surface area contributed by atoms with Crippen molar-refractivity contribution in [2.75, 3.05) is 5.32 Å². The van der Waals surface area contributed by atoms with Gasteiger partial charge < -0.3 is 9.88 Å². The summed E-state index contributed by atoms with van der Waals surface area (Å²) in [4.78, 5) is 12.0. The summed E-state index contributed by atoms with van der Waals surface area (Å²) in [5, 5.41) is 7.15. The van der Waals surface area contributed by atoms with Gasteiger partial charge in [-0.3, -0.25) is 9.48 Å². The number of anilines is 1. The minimum absolute atomic E-state index is 0.134. The zero-order chi connectivity index (χ0) is 16.5. The van der Waals surface area contributed by atoms with Crippen LogP contribution in [0.2, 0.25) is 0 Å². The Morgan fingerprint density at radius 2 is 2.00 bits per heavy atom. The van der Waals surface area contributed by atoms with Crippen molar-refractivity contribution in [2.24, 2.45) is 7.05 Å². The summed E-state index contributed by atoms with van der Waals surface area (Å²) >= 11 is 0. The van der Waals surface area contributed by atoms with E-state index in [2.05, 4.69) is 10.4 Å². The highest BCUT2D eigenvalue weighted by Gasteiger charge is 2.28. The van der Waals surface area contributed by atoms with Gasteiger partial charge in [0, 0.05) is 31.0 Å². The zero-order valence-corrected chi connectivity index (χ0v) is 12.5. The van der Waals surface area contributed by atoms with E-state index in [9.17, 15) is 18.0 Å². The molecule has 0 spiro atoms. The SMILES string of the molecule is Cc1nn(C)c(C)c1CNc1cccn(CC(F)(F)F)c1=O. The topological polar surface area (TPSA) is 51.9 Å². The lowest BCUT2D eigenvalue weighted by atomic mass is 10.2. The van der Waals surface area contributed by atoms with Crippen LogP contribution in [0, 0.1) is 13.8 Å². The van der Waals surface area contributed by atoms with Crippen molar-refractivity contribution in [2.45, 2.75) is 33.1 Å². The predicted molar refractivity (Wildman–Crippen MR) is 76.8 cm³/mol. The minimum atomic E-state index is -4.43. The largest absolute Gasteiger partial charge is 0.406 e. The number of alkyl halides is 3. The Bertz CT molecular complexity index is 731. The molecule has 0 aliphatic heterocycles. The number of rotatable bonds is 4. The average Bonchev–Trinajstić information content (AvgIpc) is 2.64. The van der Waals surface area contributed by atoms with Crippen molar-refractivity contribution in [3.8, 4) is 0 Å². The molecule has 5 nitrogen and oxygen atoms in total. The molecule has 0 unspecified atom stereocenters. The molecule has 0 fully saturated rings. The highest BCUT2D eigenvalue weighted by Crippen LogP contribution is 2.17. The maximum absolute atomic E-state index is 12.4. The fourth-order valence-electron chi connectivity index (χ4n) is 2.25. The van der Waals surface area contributed by atoms with Gasteiger partial charge in [-0.1, -0.05) is 0 Å². The molecule has 0 amide bonds. The molecule has 0 aromatic carbocycles. The van der Waals surface area contributed by atoms with Gasteiger partial charge in [-0.15, -0.1) is 0 Å². The van der Waals surface area contributed by atoms with Crippen LogP contribution in [0.1, 0.15) is 17.0 Å². The summed E-state index contributed by atoms with van der Waals surface area (Å²) in [6, 6.07) is 2.88. The molecular weight excluding hydrogens is 297 g/mol. The first-order valence-corrected chi connectivity index (χ1v) is 6.68. The molecule has 0 atom stereocenters. The Labute approximate surface area is 125 Å². The van der Waals surface area contributed by atoms with Crippen molar-refractivity contribution in [1.29, 1.82) is 0 Å². The van der Waals surface area contributed by atoms with Crippen molar-refractivity contribution < 1.29 is 13.2 Å². The molecule has 22 heavy (non-hydrogen) atoms. The van der Waals surface area contributed by atoms with Gasteiger partial charge in [0.1, 0.15) is 12.2 Å². The molecule has 0 aliphatic rings. The minimum Gasteiger partial charge on any atom is -0.376 e. The third-order valence-electron chi connectivity index (χ3n) is 3.48. The molecule has 2 aromatic heterocycles. The Balaban J connectivity index is 2.20. The Morgan fingerprint density at radius 1 is 1.32 bits per heavy atom. The maximum atomic E-state index is 12.4. The summed E-state index contributed by atoms with van der Waals surface area (Å²) in [5.41, 5.74) is 2.12. The quantitative estimate of drug-likeness (QED) is 0.942. The van der Waals surface area contributed by atoms with Gasteiger partial charge in [0.25, 0.3) is 5.56 Å². The number of nitrogens with one attached hydrogen (secondary N) is 1. The summed E-state index contributed by atoms with van der Waals surface area (Å²) < 4.78 is 39.6. The molecule has 0 radical (unpaired) electrons. The van der Waals surface area contributed by atoms with Crippen LogP contribution in [0.3, 0.4) is 0 Å². The fraction of sp³-hybridized carbons (Fsp3) is 0.429. The Kier molecular flexibility index (Phi) is 4.30. The lowest BCUT2D eigenvalue weighted by Gasteiger charge is -2.12. The first kappa shape index (κ1) is 16.1. The van der Waals surface area contributed by atoms with E-state index < -0.39 is 18.3 Å². The van der Waals surface area contributed by atoms with Crippen LogP contribution in [0.25, 0.3) is 0 Å². The molecule has 0 saturated carbocycles. The van der Waals surface area contributed by atoms with Crippen LogP contribution in [-0.4, -0.2) is 20.5 Å². The van der Waals surface area contributed by atoms with E-state index >= 15 is 0 Å². The molecule has 2 rings (SSSR count). The van der Waals surface area contributed by atoms with Crippen LogP contribution < -0.4 is 10.9 Å². The Morgan fingerprint density at radius 3 is 2.55 bits per heavy atom. The van der Waals surface area contributed by atoms with Gasteiger partial charge in [0.2, 0.25) is 0 Å². The standard InChI is InChI=1S/C14H17F3N4O/c1-9-11(10(2)20(3)19-9)7-18-12-5-4-6-21(13(12)22)8-14(15,16)17/h4-6,18H,7-8H2,1-3H3. The lowest BCUT2D eigenvalue weighted by molar-refractivity contribution is -0.141. The molecule has 2 aromatic rings. The average molecular weight is 314 g/mol. The summed E-state index contributed by atoms with van der Waals surface area (Å²) in [6.45, 7) is 2.77. The van der Waals surface area contributed by atoms with E-state index in [4.69, 9.17) is 0 Å². The summed E-state index contributed by atoms with van der Waals surface area (Å²) in [5.74, 6) is 0. The van der Waals surface area contributed by atoms with Gasteiger partial charge >= 0.3 is 6.18 Å². The number of halogens is 3. The van der Waals surface area contributed by atoms with E-state index in [1.54, 1.807) is 4.68 Å². The van der Waals surface area contributed by atoms with E-state index in [-0.39, 0.29) is 5.69 Å². The molecule has 2 heterocycles. The van der Waals surface area contributed by atoms with Crippen molar-refractivity contribution in [3.05, 3.63) is 45.6 Å². The van der Waals surface area contributed by atoms with Crippen molar-refractivity contribution in [3.63, 3.8) is 0 Å². The first-order valence-electron chi connectivity index (χ1n) is 6.68. The summed E-state index contributed by atoms with van der Waals surface area (Å²) in [7, 11) is 1.81. The number of aromatic nitrogens is 3. The Hall–Kier alpha value is -2.25. The monoisotopic (exact) mass is 314 g/mol. The van der Waals surface area contributed by atoms with E-state index in [0.717, 1.165) is 23.1 Å². The molecular formula is C14H17F3N4O. The van der Waals surface area contributed by atoms with Gasteiger partial charge in [-0.2, -0.15) is 18.3 Å². The maximum Gasteiger partial charge on any atom is 0.406 e. The normalized spacial score (nSPS) is 11.7. The molecule has 1 N–H and O–H groups in total. The van der Waals surface area contributed by atoms with Gasteiger partial charge in [-0.05, 0) is 26.0 Å². The molecule has 8 heteroatoms. The molecule has 0 bridgehead atoms. The number of hydrogen-bond donors (Lipinski definition) is 1. The lowest BCUT2D eigenvalue weighted by Crippen LogP contribution is -2.29. The second-order valence-corrected chi connectivity index (χ2v) is 5.10. The third-order valence-corrected chi connectivity index (χ3v) is 3.48. The number of nitrogens with zero attached hydrogens (tertiary/aromatic N) is 3. The fourth-order valence-corrected chi connectivity index (χ4v) is 2.25. The zero-order valence-electron chi connectivity index (χ0n) is 12.5. The number of pyridine rings is 1. The number of hydrogen-bond acceptors (Lipinski definition) is 3. The van der Waals surface area contributed by atoms with Crippen LogP contribution in [0.4, 0.5) is 18.9 Å². The third kappa shape index (κ3) is 3.49. The van der Waals surface area contributed by atoms with Gasteiger partial charge in [0.05, 0.1) is 5.69 Å². The van der Waals surface area contributed by atoms with E-state index in [1.165, 1.54) is 12.1 Å². The molecule has 120 valence electrons. The van der Waals surface area contributed by atoms with Crippen molar-refractivity contribution >= 4 is 5.69 Å². The van der Waals surface area contributed by atoms with Crippen LogP contribution in [0.15, 0.2) is 23.1 Å². The van der Waals surface area contributed by atoms with Gasteiger partial charge in [-0.25, -0.2) is 0 Å². The second-order valence-electron chi connectivity index (χ2n) is 5.10. The number of aryl methyl sites for hydroxylation is 2.